The third kappa shape index (κ3) is 3.93. The number of nitrogens with zero attached hydrogens (tertiary/aromatic N) is 4. The highest BCUT2D eigenvalue weighted by Gasteiger charge is 2.24. The molecule has 3 aromatic heterocycles. The second-order valence-electron chi connectivity index (χ2n) is 6.54. The van der Waals surface area contributed by atoms with Gasteiger partial charge in [-0.2, -0.15) is 11.8 Å². The Kier molecular flexibility index (Phi) is 5.31. The number of carbonyl (C=O) groups is 1. The molecule has 27 heavy (non-hydrogen) atoms. The molecule has 0 spiro atoms. The second kappa shape index (κ2) is 7.85. The van der Waals surface area contributed by atoms with E-state index in [0.29, 0.717) is 5.76 Å². The molecule has 0 saturated carbocycles. The van der Waals surface area contributed by atoms with Crippen molar-refractivity contribution in [2.24, 2.45) is 0 Å². The zero-order chi connectivity index (χ0) is 18.8. The fourth-order valence-corrected chi connectivity index (χ4v) is 4.30. The smallest absolute Gasteiger partial charge is 0.287 e. The number of aromatic nitrogens is 4. The molecule has 3 aromatic rings. The molecule has 0 radical (unpaired) electrons. The predicted molar refractivity (Wildman–Crippen MR) is 106 cm³/mol. The minimum Gasteiger partial charge on any atom is -0.455 e. The number of nitrogens with one attached hydrogen (secondary N) is 1. The summed E-state index contributed by atoms with van der Waals surface area (Å²) in [6, 6.07) is 3.69. The number of thioether (sulfide) groups is 1. The Morgan fingerprint density at radius 1 is 1.41 bits per heavy atom. The molecule has 0 aliphatic carbocycles. The maximum Gasteiger partial charge on any atom is 0.287 e. The van der Waals surface area contributed by atoms with Crippen molar-refractivity contribution in [2.75, 3.05) is 6.26 Å². The zero-order valence-electron chi connectivity index (χ0n) is 15.3. The molecule has 0 saturated heterocycles. The molecule has 1 amide bonds. The van der Waals surface area contributed by atoms with Crippen molar-refractivity contribution in [3.8, 4) is 11.5 Å². The van der Waals surface area contributed by atoms with Crippen molar-refractivity contribution in [2.45, 2.75) is 44.5 Å². The van der Waals surface area contributed by atoms with Crippen molar-refractivity contribution in [3.05, 3.63) is 39.9 Å². The van der Waals surface area contributed by atoms with Gasteiger partial charge in [0.2, 0.25) is 0 Å². The van der Waals surface area contributed by atoms with Gasteiger partial charge in [0.05, 0.1) is 10.8 Å². The van der Waals surface area contributed by atoms with Gasteiger partial charge in [-0.05, 0) is 38.2 Å². The average Bonchev–Trinajstić information content (AvgIpc) is 3.35. The third-order valence-corrected chi connectivity index (χ3v) is 5.95. The summed E-state index contributed by atoms with van der Waals surface area (Å²) in [4.78, 5) is 17.0. The van der Waals surface area contributed by atoms with Gasteiger partial charge in [0.1, 0.15) is 17.3 Å². The molecule has 9 heteroatoms. The Morgan fingerprint density at radius 3 is 3.07 bits per heavy atom. The number of rotatable bonds is 5. The van der Waals surface area contributed by atoms with E-state index in [1.807, 2.05) is 24.6 Å². The summed E-state index contributed by atoms with van der Waals surface area (Å²) in [6.45, 7) is 2.74. The molecule has 1 atom stereocenters. The number of hydrogen-bond acceptors (Lipinski definition) is 7. The van der Waals surface area contributed by atoms with Crippen molar-refractivity contribution in [3.63, 3.8) is 0 Å². The van der Waals surface area contributed by atoms with Crippen LogP contribution in [-0.4, -0.2) is 38.0 Å². The lowest BCUT2D eigenvalue weighted by molar-refractivity contribution is 0.0903. The van der Waals surface area contributed by atoms with Crippen LogP contribution >= 0.6 is 23.1 Å². The van der Waals surface area contributed by atoms with E-state index in [1.165, 1.54) is 0 Å². The van der Waals surface area contributed by atoms with Crippen molar-refractivity contribution in [1.29, 1.82) is 0 Å². The first kappa shape index (κ1) is 18.2. The molecule has 1 unspecified atom stereocenters. The molecule has 0 bridgehead atoms. The van der Waals surface area contributed by atoms with E-state index < -0.39 is 0 Å². The lowest BCUT2D eigenvalue weighted by atomic mass is 10.1. The Balaban J connectivity index is 1.42. The Hall–Kier alpha value is -2.13. The van der Waals surface area contributed by atoms with Crippen LogP contribution in [0.2, 0.25) is 0 Å². The van der Waals surface area contributed by atoms with Gasteiger partial charge in [-0.1, -0.05) is 0 Å². The van der Waals surface area contributed by atoms with Crippen LogP contribution in [0.1, 0.15) is 40.0 Å². The minimum absolute atomic E-state index is 0.0818. The Labute approximate surface area is 165 Å². The van der Waals surface area contributed by atoms with Crippen molar-refractivity contribution >= 4 is 29.0 Å². The molecule has 7 nitrogen and oxygen atoms in total. The minimum atomic E-state index is -0.152. The van der Waals surface area contributed by atoms with E-state index >= 15 is 0 Å². The number of thiazole rings is 1. The standard InChI is InChI=1S/C18H21N5O2S2/c1-11-19-14(10-27-11)17-22-21-16-6-3-12(7-8-23(16)17)20-18(24)15-5-4-13(25-15)9-26-2/h4-5,10,12H,3,6-9H2,1-2H3,(H,20,24). The number of amides is 1. The molecular formula is C18H21N5O2S2. The molecule has 142 valence electrons. The first-order chi connectivity index (χ1) is 13.1. The first-order valence-electron chi connectivity index (χ1n) is 8.87. The summed E-state index contributed by atoms with van der Waals surface area (Å²) in [6.07, 6.45) is 4.44. The van der Waals surface area contributed by atoms with Crippen LogP contribution in [0.25, 0.3) is 11.5 Å². The molecule has 0 aromatic carbocycles. The topological polar surface area (TPSA) is 85.8 Å². The monoisotopic (exact) mass is 403 g/mol. The fourth-order valence-electron chi connectivity index (χ4n) is 3.26. The van der Waals surface area contributed by atoms with Crippen LogP contribution < -0.4 is 5.32 Å². The van der Waals surface area contributed by atoms with Gasteiger partial charge < -0.3 is 14.3 Å². The van der Waals surface area contributed by atoms with Gasteiger partial charge in [-0.3, -0.25) is 4.79 Å². The van der Waals surface area contributed by atoms with Crippen LogP contribution in [0.5, 0.6) is 0 Å². The molecule has 4 rings (SSSR count). The predicted octanol–water partition coefficient (Wildman–Crippen LogP) is 3.30. The first-order valence-corrected chi connectivity index (χ1v) is 11.1. The third-order valence-electron chi connectivity index (χ3n) is 4.60. The second-order valence-corrected chi connectivity index (χ2v) is 8.47. The highest BCUT2D eigenvalue weighted by atomic mass is 32.2. The summed E-state index contributed by atoms with van der Waals surface area (Å²) in [5.41, 5.74) is 0.871. The van der Waals surface area contributed by atoms with Crippen LogP contribution in [0, 0.1) is 6.92 Å². The van der Waals surface area contributed by atoms with E-state index in [0.717, 1.165) is 59.7 Å². The lowest BCUT2D eigenvalue weighted by Crippen LogP contribution is -2.35. The normalized spacial score (nSPS) is 16.7. The van der Waals surface area contributed by atoms with E-state index in [4.69, 9.17) is 4.42 Å². The van der Waals surface area contributed by atoms with Crippen LogP contribution in [0.3, 0.4) is 0 Å². The van der Waals surface area contributed by atoms with Gasteiger partial charge in [0.25, 0.3) is 5.91 Å². The van der Waals surface area contributed by atoms with E-state index in [2.05, 4.69) is 25.1 Å². The SMILES string of the molecule is CSCc1ccc(C(=O)NC2CCc3nnc(-c4csc(C)n4)n3CC2)o1. The van der Waals surface area contributed by atoms with Gasteiger partial charge in [-0.15, -0.1) is 21.5 Å². The number of carbonyl (C=O) groups excluding carboxylic acids is 1. The van der Waals surface area contributed by atoms with Gasteiger partial charge in [-0.25, -0.2) is 4.98 Å². The molecular weight excluding hydrogens is 382 g/mol. The van der Waals surface area contributed by atoms with Gasteiger partial charge >= 0.3 is 0 Å². The van der Waals surface area contributed by atoms with Crippen molar-refractivity contribution in [1.82, 2.24) is 25.1 Å². The summed E-state index contributed by atoms with van der Waals surface area (Å²) in [5, 5.41) is 14.8. The summed E-state index contributed by atoms with van der Waals surface area (Å²) < 4.78 is 7.75. The number of fused-ring (bicyclic) bond motifs is 1. The summed E-state index contributed by atoms with van der Waals surface area (Å²) in [5.74, 6) is 3.58. The Bertz CT molecular complexity index is 945. The largest absolute Gasteiger partial charge is 0.455 e. The average molecular weight is 404 g/mol. The highest BCUT2D eigenvalue weighted by molar-refractivity contribution is 7.97. The molecule has 1 N–H and O–H groups in total. The van der Waals surface area contributed by atoms with Gasteiger partial charge in [0.15, 0.2) is 11.6 Å². The van der Waals surface area contributed by atoms with E-state index in [9.17, 15) is 4.79 Å². The molecule has 1 aliphatic rings. The maximum atomic E-state index is 12.5. The molecule has 4 heterocycles. The van der Waals surface area contributed by atoms with Crippen LogP contribution in [0.15, 0.2) is 21.9 Å². The number of aryl methyl sites for hydroxylation is 2. The summed E-state index contributed by atoms with van der Waals surface area (Å²) in [7, 11) is 0. The molecule has 0 fully saturated rings. The summed E-state index contributed by atoms with van der Waals surface area (Å²) >= 11 is 3.28. The fraction of sp³-hybridized carbons (Fsp3) is 0.444. The highest BCUT2D eigenvalue weighted by Crippen LogP contribution is 2.24. The zero-order valence-corrected chi connectivity index (χ0v) is 16.9. The Morgan fingerprint density at radius 2 is 2.30 bits per heavy atom. The number of hydrogen-bond donors (Lipinski definition) is 1. The quantitative estimate of drug-likeness (QED) is 0.703. The van der Waals surface area contributed by atoms with E-state index in [-0.39, 0.29) is 11.9 Å². The molecule has 1 aliphatic heterocycles. The lowest BCUT2D eigenvalue weighted by Gasteiger charge is -2.15. The van der Waals surface area contributed by atoms with Crippen molar-refractivity contribution < 1.29 is 9.21 Å². The van der Waals surface area contributed by atoms with E-state index in [1.54, 1.807) is 29.2 Å². The van der Waals surface area contributed by atoms with Gasteiger partial charge in [0, 0.05) is 24.4 Å². The maximum absolute atomic E-state index is 12.5. The van der Waals surface area contributed by atoms with Crippen LogP contribution in [-0.2, 0) is 18.7 Å². The number of furan rings is 1. The van der Waals surface area contributed by atoms with Crippen LogP contribution in [0.4, 0.5) is 0 Å².